The van der Waals surface area contributed by atoms with Crippen LogP contribution in [0, 0.1) is 5.92 Å². The Balaban J connectivity index is 3.71. The summed E-state index contributed by atoms with van der Waals surface area (Å²) in [5.74, 6) is -0.0589. The standard InChI is InChI=1S/C11H24N2O2/c1-3-5-9(8-12)11(15)13-7-6-10(14)4-2/h9-10,14H,3-8,12H2,1-2H3,(H,13,15). The van der Waals surface area contributed by atoms with Crippen molar-refractivity contribution in [3.05, 3.63) is 0 Å². The molecule has 4 heteroatoms. The Morgan fingerprint density at radius 3 is 2.53 bits per heavy atom. The molecule has 90 valence electrons. The van der Waals surface area contributed by atoms with Crippen LogP contribution in [0.25, 0.3) is 0 Å². The largest absolute Gasteiger partial charge is 0.393 e. The third-order valence-corrected chi connectivity index (χ3v) is 2.54. The molecule has 2 atom stereocenters. The number of carbonyl (C=O) groups excluding carboxylic acids is 1. The minimum Gasteiger partial charge on any atom is -0.393 e. The molecule has 0 aliphatic carbocycles. The number of hydrogen-bond acceptors (Lipinski definition) is 3. The quantitative estimate of drug-likeness (QED) is 0.557. The summed E-state index contributed by atoms with van der Waals surface area (Å²) in [5.41, 5.74) is 5.51. The van der Waals surface area contributed by atoms with Crippen molar-refractivity contribution in [1.29, 1.82) is 0 Å². The molecule has 0 aromatic carbocycles. The van der Waals surface area contributed by atoms with E-state index in [1.807, 2.05) is 13.8 Å². The molecule has 15 heavy (non-hydrogen) atoms. The predicted octanol–water partition coefficient (Wildman–Crippen LogP) is 0.639. The van der Waals surface area contributed by atoms with E-state index in [9.17, 15) is 9.90 Å². The SMILES string of the molecule is CCCC(CN)C(=O)NCCC(O)CC. The van der Waals surface area contributed by atoms with Crippen LogP contribution in [0.15, 0.2) is 0 Å². The first-order chi connectivity index (χ1) is 7.15. The Bertz CT molecular complexity index is 174. The van der Waals surface area contributed by atoms with Gasteiger partial charge in [0.05, 0.1) is 12.0 Å². The number of aliphatic hydroxyl groups is 1. The van der Waals surface area contributed by atoms with E-state index in [0.29, 0.717) is 19.5 Å². The molecule has 0 saturated heterocycles. The van der Waals surface area contributed by atoms with Crippen molar-refractivity contribution in [2.75, 3.05) is 13.1 Å². The van der Waals surface area contributed by atoms with Gasteiger partial charge < -0.3 is 16.2 Å². The van der Waals surface area contributed by atoms with E-state index < -0.39 is 0 Å². The van der Waals surface area contributed by atoms with E-state index in [-0.39, 0.29) is 17.9 Å². The smallest absolute Gasteiger partial charge is 0.224 e. The second-order valence-electron chi connectivity index (χ2n) is 3.86. The van der Waals surface area contributed by atoms with Crippen molar-refractivity contribution >= 4 is 5.91 Å². The normalized spacial score (nSPS) is 14.7. The van der Waals surface area contributed by atoms with Gasteiger partial charge in [0.1, 0.15) is 0 Å². The molecule has 4 nitrogen and oxygen atoms in total. The van der Waals surface area contributed by atoms with Crippen molar-refractivity contribution in [3.63, 3.8) is 0 Å². The fourth-order valence-corrected chi connectivity index (χ4v) is 1.41. The van der Waals surface area contributed by atoms with Gasteiger partial charge in [-0.3, -0.25) is 4.79 Å². The van der Waals surface area contributed by atoms with Crippen molar-refractivity contribution < 1.29 is 9.90 Å². The summed E-state index contributed by atoms with van der Waals surface area (Å²) in [7, 11) is 0. The second-order valence-corrected chi connectivity index (χ2v) is 3.86. The minimum atomic E-state index is -0.312. The fraction of sp³-hybridized carbons (Fsp3) is 0.909. The van der Waals surface area contributed by atoms with Crippen LogP contribution >= 0.6 is 0 Å². The first kappa shape index (κ1) is 14.4. The number of nitrogens with two attached hydrogens (primary N) is 1. The number of aliphatic hydroxyl groups excluding tert-OH is 1. The Hall–Kier alpha value is -0.610. The van der Waals surface area contributed by atoms with E-state index >= 15 is 0 Å². The maximum Gasteiger partial charge on any atom is 0.224 e. The zero-order chi connectivity index (χ0) is 11.7. The minimum absolute atomic E-state index is 0.0163. The molecule has 0 aliphatic heterocycles. The van der Waals surface area contributed by atoms with Gasteiger partial charge in [0, 0.05) is 13.1 Å². The van der Waals surface area contributed by atoms with Crippen LogP contribution in [-0.4, -0.2) is 30.2 Å². The molecule has 0 radical (unpaired) electrons. The summed E-state index contributed by atoms with van der Waals surface area (Å²) >= 11 is 0. The zero-order valence-corrected chi connectivity index (χ0v) is 9.83. The van der Waals surface area contributed by atoms with E-state index in [1.54, 1.807) is 0 Å². The average molecular weight is 216 g/mol. The first-order valence-electron chi connectivity index (χ1n) is 5.81. The van der Waals surface area contributed by atoms with Crippen LogP contribution in [0.1, 0.15) is 39.5 Å². The zero-order valence-electron chi connectivity index (χ0n) is 9.83. The highest BCUT2D eigenvalue weighted by Gasteiger charge is 2.15. The number of rotatable bonds is 8. The molecule has 0 fully saturated rings. The molecule has 4 N–H and O–H groups in total. The van der Waals surface area contributed by atoms with Crippen LogP contribution in [0.3, 0.4) is 0 Å². The Kier molecular flexibility index (Phi) is 8.33. The second kappa shape index (κ2) is 8.68. The topological polar surface area (TPSA) is 75.4 Å². The van der Waals surface area contributed by atoms with E-state index in [0.717, 1.165) is 19.3 Å². The van der Waals surface area contributed by atoms with Gasteiger partial charge in [0.15, 0.2) is 0 Å². The fourth-order valence-electron chi connectivity index (χ4n) is 1.41. The third kappa shape index (κ3) is 6.47. The maximum atomic E-state index is 11.6. The van der Waals surface area contributed by atoms with Crippen LogP contribution in [-0.2, 0) is 4.79 Å². The van der Waals surface area contributed by atoms with Crippen molar-refractivity contribution in [3.8, 4) is 0 Å². The Morgan fingerprint density at radius 1 is 1.40 bits per heavy atom. The van der Waals surface area contributed by atoms with E-state index in [4.69, 9.17) is 5.73 Å². The van der Waals surface area contributed by atoms with Crippen molar-refractivity contribution in [1.82, 2.24) is 5.32 Å². The number of amides is 1. The summed E-state index contributed by atoms with van der Waals surface area (Å²) in [6.07, 6.45) is 2.83. The Labute approximate surface area is 92.2 Å². The summed E-state index contributed by atoms with van der Waals surface area (Å²) in [6, 6.07) is 0. The summed E-state index contributed by atoms with van der Waals surface area (Å²) in [6.45, 7) is 4.90. The number of carbonyl (C=O) groups is 1. The Morgan fingerprint density at radius 2 is 2.07 bits per heavy atom. The van der Waals surface area contributed by atoms with Crippen LogP contribution < -0.4 is 11.1 Å². The molecular weight excluding hydrogens is 192 g/mol. The molecule has 0 rings (SSSR count). The molecule has 2 unspecified atom stereocenters. The average Bonchev–Trinajstić information content (AvgIpc) is 2.25. The van der Waals surface area contributed by atoms with E-state index in [1.165, 1.54) is 0 Å². The highest BCUT2D eigenvalue weighted by Crippen LogP contribution is 2.04. The molecule has 0 heterocycles. The molecule has 0 saturated carbocycles. The van der Waals surface area contributed by atoms with Crippen LogP contribution in [0.5, 0.6) is 0 Å². The summed E-state index contributed by atoms with van der Waals surface area (Å²) < 4.78 is 0. The van der Waals surface area contributed by atoms with Gasteiger partial charge in [-0.25, -0.2) is 0 Å². The van der Waals surface area contributed by atoms with Gasteiger partial charge in [-0.05, 0) is 19.3 Å². The van der Waals surface area contributed by atoms with Gasteiger partial charge >= 0.3 is 0 Å². The van der Waals surface area contributed by atoms with Crippen LogP contribution in [0.4, 0.5) is 0 Å². The maximum absolute atomic E-state index is 11.6. The van der Waals surface area contributed by atoms with Gasteiger partial charge in [-0.15, -0.1) is 0 Å². The first-order valence-corrected chi connectivity index (χ1v) is 5.81. The third-order valence-electron chi connectivity index (χ3n) is 2.54. The van der Waals surface area contributed by atoms with Gasteiger partial charge in [-0.2, -0.15) is 0 Å². The summed E-state index contributed by atoms with van der Waals surface area (Å²) in [4.78, 5) is 11.6. The highest BCUT2D eigenvalue weighted by molar-refractivity contribution is 5.78. The number of nitrogens with one attached hydrogen (secondary N) is 1. The molecule has 1 amide bonds. The lowest BCUT2D eigenvalue weighted by Crippen LogP contribution is -2.36. The van der Waals surface area contributed by atoms with Gasteiger partial charge in [0.25, 0.3) is 0 Å². The predicted molar refractivity (Wildman–Crippen MR) is 61.4 cm³/mol. The molecule has 0 aromatic rings. The van der Waals surface area contributed by atoms with Crippen LogP contribution in [0.2, 0.25) is 0 Å². The molecule has 0 spiro atoms. The lowest BCUT2D eigenvalue weighted by atomic mass is 10.0. The molecule has 0 aliphatic rings. The lowest BCUT2D eigenvalue weighted by molar-refractivity contribution is -0.125. The van der Waals surface area contributed by atoms with Crippen molar-refractivity contribution in [2.24, 2.45) is 11.7 Å². The number of hydrogen-bond donors (Lipinski definition) is 3. The van der Waals surface area contributed by atoms with Crippen molar-refractivity contribution in [2.45, 2.75) is 45.6 Å². The van der Waals surface area contributed by atoms with Gasteiger partial charge in [0.2, 0.25) is 5.91 Å². The summed E-state index contributed by atoms with van der Waals surface area (Å²) in [5, 5.41) is 12.1. The molecule has 0 bridgehead atoms. The van der Waals surface area contributed by atoms with Gasteiger partial charge in [-0.1, -0.05) is 20.3 Å². The molecule has 0 aromatic heterocycles. The monoisotopic (exact) mass is 216 g/mol. The van der Waals surface area contributed by atoms with E-state index in [2.05, 4.69) is 5.32 Å². The molecular formula is C11H24N2O2. The highest BCUT2D eigenvalue weighted by atomic mass is 16.3. The lowest BCUT2D eigenvalue weighted by Gasteiger charge is -2.14.